The molecule has 1 fully saturated rings. The van der Waals surface area contributed by atoms with Gasteiger partial charge in [0.15, 0.2) is 5.65 Å². The van der Waals surface area contributed by atoms with Gasteiger partial charge in [-0.2, -0.15) is 5.10 Å². The molecule has 2 N–H and O–H groups in total. The minimum atomic E-state index is 0.311. The summed E-state index contributed by atoms with van der Waals surface area (Å²) in [7, 11) is 0. The van der Waals surface area contributed by atoms with Gasteiger partial charge >= 0.3 is 0 Å². The third-order valence-corrected chi connectivity index (χ3v) is 6.55. The van der Waals surface area contributed by atoms with E-state index in [1.807, 2.05) is 11.4 Å². The summed E-state index contributed by atoms with van der Waals surface area (Å²) in [6, 6.07) is 10.8. The Balaban J connectivity index is 1.37. The van der Waals surface area contributed by atoms with Crippen LogP contribution in [0.1, 0.15) is 72.6 Å². The van der Waals surface area contributed by atoms with E-state index < -0.39 is 0 Å². The van der Waals surface area contributed by atoms with Crippen molar-refractivity contribution < 1.29 is 4.42 Å². The Morgan fingerprint density at radius 3 is 2.53 bits per heavy atom. The number of benzene rings is 1. The van der Waals surface area contributed by atoms with Crippen molar-refractivity contribution in [3.05, 3.63) is 64.4 Å². The van der Waals surface area contributed by atoms with E-state index in [9.17, 15) is 0 Å². The standard InChI is InChI=1S/C25H30N6O/c1-4-22-21(23-27-15(2)13-16(3)31(23)30-22)14-17-5-7-18(8-6-17)24-28-29-25(32-24)19-9-11-20(26)12-10-19/h5-8,13,19-20H,4,9-12,14,26H2,1-3H3/t19-,20-. The van der Waals surface area contributed by atoms with E-state index in [0.29, 0.717) is 17.9 Å². The third kappa shape index (κ3) is 3.93. The Hall–Kier alpha value is -3.06. The van der Waals surface area contributed by atoms with Gasteiger partial charge in [-0.05, 0) is 69.7 Å². The molecule has 166 valence electrons. The Morgan fingerprint density at radius 1 is 1.06 bits per heavy atom. The second-order valence-corrected chi connectivity index (χ2v) is 8.98. The molecular weight excluding hydrogens is 400 g/mol. The van der Waals surface area contributed by atoms with E-state index in [4.69, 9.17) is 20.2 Å². The molecule has 0 spiro atoms. The lowest BCUT2D eigenvalue weighted by Gasteiger charge is -2.23. The molecule has 7 nitrogen and oxygen atoms in total. The quantitative estimate of drug-likeness (QED) is 0.500. The third-order valence-electron chi connectivity index (χ3n) is 6.55. The van der Waals surface area contributed by atoms with Gasteiger partial charge in [0, 0.05) is 40.9 Å². The normalized spacial score (nSPS) is 19.0. The fourth-order valence-corrected chi connectivity index (χ4v) is 4.73. The molecule has 4 aromatic rings. The van der Waals surface area contributed by atoms with Crippen LogP contribution in [-0.2, 0) is 12.8 Å². The highest BCUT2D eigenvalue weighted by Crippen LogP contribution is 2.33. The van der Waals surface area contributed by atoms with Gasteiger partial charge < -0.3 is 10.2 Å². The van der Waals surface area contributed by atoms with Crippen LogP contribution < -0.4 is 5.73 Å². The summed E-state index contributed by atoms with van der Waals surface area (Å²) in [5.74, 6) is 1.66. The van der Waals surface area contributed by atoms with Crippen molar-refractivity contribution in [1.29, 1.82) is 0 Å². The molecule has 0 saturated heterocycles. The summed E-state index contributed by atoms with van der Waals surface area (Å²) in [5.41, 5.74) is 13.6. The van der Waals surface area contributed by atoms with Crippen LogP contribution in [0.4, 0.5) is 0 Å². The smallest absolute Gasteiger partial charge is 0.247 e. The second-order valence-electron chi connectivity index (χ2n) is 8.98. The van der Waals surface area contributed by atoms with Crippen LogP contribution in [0.5, 0.6) is 0 Å². The van der Waals surface area contributed by atoms with Crippen molar-refractivity contribution in [2.75, 3.05) is 0 Å². The first-order chi connectivity index (χ1) is 15.5. The molecule has 1 aromatic carbocycles. The summed E-state index contributed by atoms with van der Waals surface area (Å²) >= 11 is 0. The molecule has 0 unspecified atom stereocenters. The highest BCUT2D eigenvalue weighted by molar-refractivity contribution is 5.56. The minimum absolute atomic E-state index is 0.311. The van der Waals surface area contributed by atoms with E-state index in [-0.39, 0.29) is 0 Å². The molecule has 0 bridgehead atoms. The zero-order chi connectivity index (χ0) is 22.2. The van der Waals surface area contributed by atoms with E-state index in [2.05, 4.69) is 54.4 Å². The lowest BCUT2D eigenvalue weighted by molar-refractivity contribution is 0.341. The van der Waals surface area contributed by atoms with Gasteiger partial charge in [-0.15, -0.1) is 10.2 Å². The van der Waals surface area contributed by atoms with Crippen LogP contribution in [0.25, 0.3) is 17.1 Å². The van der Waals surface area contributed by atoms with Gasteiger partial charge in [0.2, 0.25) is 11.8 Å². The molecule has 3 aromatic heterocycles. The molecule has 3 heterocycles. The number of nitrogens with zero attached hydrogens (tertiary/aromatic N) is 5. The van der Waals surface area contributed by atoms with E-state index >= 15 is 0 Å². The average Bonchev–Trinajstić information content (AvgIpc) is 3.41. The highest BCUT2D eigenvalue weighted by atomic mass is 16.4. The molecule has 32 heavy (non-hydrogen) atoms. The van der Waals surface area contributed by atoms with Crippen LogP contribution >= 0.6 is 0 Å². The minimum Gasteiger partial charge on any atom is -0.420 e. The SMILES string of the molecule is CCc1nn2c(C)cc(C)nc2c1Cc1ccc(-c2nnc([C@H]3CC[C@H](N)CC3)o2)cc1. The number of fused-ring (bicyclic) bond motifs is 1. The maximum absolute atomic E-state index is 6.02. The summed E-state index contributed by atoms with van der Waals surface area (Å²) in [4.78, 5) is 4.78. The first kappa shape index (κ1) is 20.8. The Bertz CT molecular complexity index is 1230. The molecule has 0 amide bonds. The molecule has 1 aliphatic rings. The zero-order valence-electron chi connectivity index (χ0n) is 19.0. The number of rotatable bonds is 5. The monoisotopic (exact) mass is 430 g/mol. The van der Waals surface area contributed by atoms with Crippen molar-refractivity contribution in [1.82, 2.24) is 24.8 Å². The van der Waals surface area contributed by atoms with Crippen molar-refractivity contribution in [3.8, 4) is 11.5 Å². The van der Waals surface area contributed by atoms with Crippen molar-refractivity contribution in [3.63, 3.8) is 0 Å². The van der Waals surface area contributed by atoms with E-state index in [0.717, 1.165) is 72.7 Å². The lowest BCUT2D eigenvalue weighted by Crippen LogP contribution is -2.25. The van der Waals surface area contributed by atoms with Gasteiger partial charge in [0.25, 0.3) is 0 Å². The molecule has 5 rings (SSSR count). The number of nitrogens with two attached hydrogens (primary N) is 1. The maximum atomic E-state index is 6.02. The second kappa shape index (κ2) is 8.47. The molecule has 1 saturated carbocycles. The van der Waals surface area contributed by atoms with E-state index in [1.54, 1.807) is 0 Å². The number of hydrogen-bond donors (Lipinski definition) is 1. The van der Waals surface area contributed by atoms with Gasteiger partial charge in [0.05, 0.1) is 5.69 Å². The number of aryl methyl sites for hydroxylation is 3. The molecule has 0 atom stereocenters. The molecule has 7 heteroatoms. The van der Waals surface area contributed by atoms with Crippen LogP contribution in [0.2, 0.25) is 0 Å². The maximum Gasteiger partial charge on any atom is 0.247 e. The summed E-state index contributed by atoms with van der Waals surface area (Å²) < 4.78 is 7.99. The number of aromatic nitrogens is 5. The molecule has 0 radical (unpaired) electrons. The van der Waals surface area contributed by atoms with Crippen LogP contribution in [-0.4, -0.2) is 30.8 Å². The van der Waals surface area contributed by atoms with Crippen LogP contribution in [0, 0.1) is 13.8 Å². The van der Waals surface area contributed by atoms with Gasteiger partial charge in [0.1, 0.15) is 0 Å². The van der Waals surface area contributed by atoms with E-state index in [1.165, 1.54) is 11.1 Å². The van der Waals surface area contributed by atoms with Crippen LogP contribution in [0.15, 0.2) is 34.7 Å². The largest absolute Gasteiger partial charge is 0.420 e. The predicted molar refractivity (Wildman–Crippen MR) is 124 cm³/mol. The zero-order valence-corrected chi connectivity index (χ0v) is 19.0. The summed E-state index contributed by atoms with van der Waals surface area (Å²) in [5, 5.41) is 13.4. The summed E-state index contributed by atoms with van der Waals surface area (Å²) in [6.45, 7) is 6.25. The van der Waals surface area contributed by atoms with Crippen molar-refractivity contribution >= 4 is 5.65 Å². The van der Waals surface area contributed by atoms with Gasteiger partial charge in [-0.25, -0.2) is 9.50 Å². The highest BCUT2D eigenvalue weighted by Gasteiger charge is 2.25. The Morgan fingerprint density at radius 2 is 1.81 bits per heavy atom. The summed E-state index contributed by atoms with van der Waals surface area (Å²) in [6.07, 6.45) is 5.76. The van der Waals surface area contributed by atoms with Crippen molar-refractivity contribution in [2.45, 2.75) is 71.3 Å². The van der Waals surface area contributed by atoms with Crippen molar-refractivity contribution in [2.24, 2.45) is 5.73 Å². The molecular formula is C25H30N6O. The number of hydrogen-bond acceptors (Lipinski definition) is 6. The Kier molecular flexibility index (Phi) is 5.51. The fourth-order valence-electron chi connectivity index (χ4n) is 4.73. The predicted octanol–water partition coefficient (Wildman–Crippen LogP) is 4.53. The molecule has 0 aliphatic heterocycles. The average molecular weight is 431 g/mol. The fraction of sp³-hybridized carbons (Fsp3) is 0.440. The lowest BCUT2D eigenvalue weighted by atomic mass is 9.86. The van der Waals surface area contributed by atoms with Crippen LogP contribution in [0.3, 0.4) is 0 Å². The van der Waals surface area contributed by atoms with Gasteiger partial charge in [-0.3, -0.25) is 0 Å². The first-order valence-corrected chi connectivity index (χ1v) is 11.5. The topological polar surface area (TPSA) is 95.1 Å². The Labute approximate surface area is 188 Å². The molecule has 1 aliphatic carbocycles. The first-order valence-electron chi connectivity index (χ1n) is 11.5. The van der Waals surface area contributed by atoms with Gasteiger partial charge in [-0.1, -0.05) is 19.1 Å².